The molecule has 3 N–H and O–H groups in total. The van der Waals surface area contributed by atoms with Crippen molar-refractivity contribution >= 4 is 45.8 Å². The number of halogens is 2. The molecular formula is C20H24ClFN5O8PS. The molecule has 2 aromatic heterocycles. The molecule has 17 heteroatoms. The standard InChI is InChI=1S/C20H24ClFN5O8PS/c1-20(2)34-15-13(7-37(31,32)8-36(28,29)30)33-19(16(15)35-20)27-18-12(6-24-27)14(11(5-23)17(21)26-18)25-10-3-9(22)4-10/h6,9-10,13,15-16,19H,3-4,7-8H2,1-2H3,(H,25,26)(H2,28,29,30)/t9?,10?,13-,15-,16+,19+/m0/s1. The third-order valence-electron chi connectivity index (χ3n) is 6.39. The first-order valence-corrected chi connectivity index (χ1v) is 15.3. The lowest BCUT2D eigenvalue weighted by Gasteiger charge is -2.31. The number of ether oxygens (including phenoxy) is 3. The number of nitrogens with zero attached hydrogens (tertiary/aromatic N) is 4. The number of rotatable bonds is 7. The van der Waals surface area contributed by atoms with Gasteiger partial charge in [-0.15, -0.1) is 0 Å². The first-order chi connectivity index (χ1) is 17.2. The van der Waals surface area contributed by atoms with Crippen molar-refractivity contribution in [2.75, 3.05) is 16.6 Å². The van der Waals surface area contributed by atoms with Crippen molar-refractivity contribution in [3.8, 4) is 6.07 Å². The summed E-state index contributed by atoms with van der Waals surface area (Å²) in [5, 5.41) is 17.5. The molecule has 2 aliphatic heterocycles. The maximum atomic E-state index is 13.4. The van der Waals surface area contributed by atoms with E-state index in [0.29, 0.717) is 11.1 Å². The van der Waals surface area contributed by atoms with Crippen molar-refractivity contribution in [2.24, 2.45) is 0 Å². The van der Waals surface area contributed by atoms with Gasteiger partial charge in [-0.2, -0.15) is 10.4 Å². The summed E-state index contributed by atoms with van der Waals surface area (Å²) in [6, 6.07) is 1.81. The van der Waals surface area contributed by atoms with Crippen LogP contribution < -0.4 is 5.32 Å². The molecule has 0 radical (unpaired) electrons. The number of pyridine rings is 1. The van der Waals surface area contributed by atoms with Crippen LogP contribution in [0.2, 0.25) is 5.15 Å². The predicted octanol–water partition coefficient (Wildman–Crippen LogP) is 1.84. The van der Waals surface area contributed by atoms with Crippen LogP contribution in [0.15, 0.2) is 6.20 Å². The molecule has 1 saturated carbocycles. The average molecular weight is 580 g/mol. The maximum Gasteiger partial charge on any atom is 0.340 e. The van der Waals surface area contributed by atoms with Gasteiger partial charge in [-0.25, -0.2) is 22.5 Å². The van der Waals surface area contributed by atoms with Crippen molar-refractivity contribution in [1.82, 2.24) is 14.8 Å². The summed E-state index contributed by atoms with van der Waals surface area (Å²) in [4.78, 5) is 22.6. The van der Waals surface area contributed by atoms with Crippen LogP contribution in [-0.2, 0) is 28.6 Å². The number of alkyl halides is 1. The second kappa shape index (κ2) is 9.10. The summed E-state index contributed by atoms with van der Waals surface area (Å²) in [7, 11) is -9.08. The highest BCUT2D eigenvalue weighted by Gasteiger charge is 2.57. The molecule has 0 bridgehead atoms. The zero-order valence-corrected chi connectivity index (χ0v) is 22.1. The fraction of sp³-hybridized carbons (Fsp3) is 0.650. The molecule has 5 rings (SSSR count). The summed E-state index contributed by atoms with van der Waals surface area (Å²) in [6.07, 6.45) is -2.84. The van der Waals surface area contributed by atoms with Crippen LogP contribution in [0.3, 0.4) is 0 Å². The first kappa shape index (κ1) is 26.7. The first-order valence-electron chi connectivity index (χ1n) is 11.3. The lowest BCUT2D eigenvalue weighted by atomic mass is 9.90. The molecular weight excluding hydrogens is 556 g/mol. The molecule has 2 aromatic rings. The Morgan fingerprint density at radius 2 is 2.03 bits per heavy atom. The highest BCUT2D eigenvalue weighted by Crippen LogP contribution is 2.46. The maximum absolute atomic E-state index is 13.4. The lowest BCUT2D eigenvalue weighted by Crippen LogP contribution is -2.36. The van der Waals surface area contributed by atoms with E-state index in [1.807, 2.05) is 6.07 Å². The van der Waals surface area contributed by atoms with E-state index >= 15 is 0 Å². The Balaban J connectivity index is 1.51. The Bertz CT molecular complexity index is 1440. The number of anilines is 1. The number of fused-ring (bicyclic) bond motifs is 2. The lowest BCUT2D eigenvalue weighted by molar-refractivity contribution is -0.195. The molecule has 4 heterocycles. The van der Waals surface area contributed by atoms with Crippen LogP contribution in [0.25, 0.3) is 11.0 Å². The molecule has 202 valence electrons. The van der Waals surface area contributed by atoms with Gasteiger partial charge in [-0.3, -0.25) is 4.57 Å². The van der Waals surface area contributed by atoms with Crippen molar-refractivity contribution < 1.29 is 41.4 Å². The SMILES string of the molecule is CC1(C)O[C@@H]2[C@@H](O1)[C@H](n1ncc3c(NC4CC(F)C4)c(C#N)c(Cl)nc31)O[C@H]2CS(=O)(=O)CP(=O)(O)O. The quantitative estimate of drug-likeness (QED) is 0.319. The van der Waals surface area contributed by atoms with E-state index in [-0.39, 0.29) is 35.2 Å². The molecule has 0 spiro atoms. The minimum atomic E-state index is -4.84. The minimum Gasteiger partial charge on any atom is -0.380 e. The molecule has 0 aromatic carbocycles. The average Bonchev–Trinajstić information content (AvgIpc) is 3.36. The Kier molecular flexibility index (Phi) is 6.57. The number of nitriles is 1. The topological polar surface area (TPSA) is 186 Å². The van der Waals surface area contributed by atoms with Crippen LogP contribution in [0, 0.1) is 11.3 Å². The van der Waals surface area contributed by atoms with E-state index in [9.17, 15) is 22.6 Å². The molecule has 37 heavy (non-hydrogen) atoms. The summed E-state index contributed by atoms with van der Waals surface area (Å²) in [5.41, 5.74) is -0.705. The van der Waals surface area contributed by atoms with Crippen molar-refractivity contribution in [3.63, 3.8) is 0 Å². The Morgan fingerprint density at radius 3 is 2.65 bits per heavy atom. The third kappa shape index (κ3) is 5.22. The van der Waals surface area contributed by atoms with E-state index in [0.717, 1.165) is 0 Å². The van der Waals surface area contributed by atoms with Gasteiger partial charge >= 0.3 is 7.60 Å². The summed E-state index contributed by atoms with van der Waals surface area (Å²) >= 11 is 6.31. The molecule has 1 aliphatic carbocycles. The van der Waals surface area contributed by atoms with E-state index < -0.39 is 65.2 Å². The fourth-order valence-corrected chi connectivity index (χ4v) is 8.35. The van der Waals surface area contributed by atoms with Crippen molar-refractivity contribution in [2.45, 2.75) is 69.2 Å². The smallest absolute Gasteiger partial charge is 0.340 e. The number of hydrogen-bond acceptors (Lipinski definition) is 10. The highest BCUT2D eigenvalue weighted by molar-refractivity contribution is 7.97. The minimum absolute atomic E-state index is 0.0734. The zero-order chi connectivity index (χ0) is 26.9. The molecule has 13 nitrogen and oxygen atoms in total. The monoisotopic (exact) mass is 579 g/mol. The van der Waals surface area contributed by atoms with Gasteiger partial charge in [-0.1, -0.05) is 11.6 Å². The number of sulfone groups is 1. The normalized spacial score (nSPS) is 31.2. The van der Waals surface area contributed by atoms with E-state index in [4.69, 9.17) is 35.6 Å². The van der Waals surface area contributed by atoms with Gasteiger partial charge in [0.2, 0.25) is 0 Å². The fourth-order valence-electron chi connectivity index (χ4n) is 4.89. The number of aromatic nitrogens is 3. The summed E-state index contributed by atoms with van der Waals surface area (Å²) < 4.78 is 68.9. The number of hydrogen-bond donors (Lipinski definition) is 3. The van der Waals surface area contributed by atoms with Gasteiger partial charge < -0.3 is 29.3 Å². The van der Waals surface area contributed by atoms with Gasteiger partial charge in [0.05, 0.1) is 23.0 Å². The largest absolute Gasteiger partial charge is 0.380 e. The van der Waals surface area contributed by atoms with E-state index in [1.165, 1.54) is 10.9 Å². The summed E-state index contributed by atoms with van der Waals surface area (Å²) in [6.45, 7) is 3.27. The van der Waals surface area contributed by atoms with Crippen LogP contribution in [0.4, 0.5) is 10.1 Å². The van der Waals surface area contributed by atoms with E-state index in [1.54, 1.807) is 13.8 Å². The number of nitrogens with one attached hydrogen (secondary N) is 1. The van der Waals surface area contributed by atoms with Gasteiger partial charge in [0.1, 0.15) is 36.1 Å². The van der Waals surface area contributed by atoms with Crippen molar-refractivity contribution in [3.05, 3.63) is 16.9 Å². The van der Waals surface area contributed by atoms with Crippen LogP contribution in [-0.4, -0.2) is 80.5 Å². The molecule has 3 fully saturated rings. The Hall–Kier alpha value is -1.89. The van der Waals surface area contributed by atoms with Crippen LogP contribution in [0.1, 0.15) is 38.5 Å². The van der Waals surface area contributed by atoms with Gasteiger partial charge in [0.25, 0.3) is 0 Å². The zero-order valence-electron chi connectivity index (χ0n) is 19.6. The predicted molar refractivity (Wildman–Crippen MR) is 127 cm³/mol. The van der Waals surface area contributed by atoms with E-state index in [2.05, 4.69) is 15.4 Å². The van der Waals surface area contributed by atoms with Crippen molar-refractivity contribution in [1.29, 1.82) is 5.26 Å². The third-order valence-corrected chi connectivity index (χ3v) is 10.4. The van der Waals surface area contributed by atoms with Gasteiger partial charge in [0, 0.05) is 6.04 Å². The van der Waals surface area contributed by atoms with Crippen LogP contribution >= 0.6 is 19.2 Å². The second-order valence-corrected chi connectivity index (χ2v) is 14.4. The molecule has 0 unspecified atom stereocenters. The molecule has 0 amide bonds. The summed E-state index contributed by atoms with van der Waals surface area (Å²) in [5.74, 6) is -1.83. The van der Waals surface area contributed by atoms with Gasteiger partial charge in [-0.05, 0) is 26.7 Å². The molecule has 2 saturated heterocycles. The highest BCUT2D eigenvalue weighted by atomic mass is 35.5. The van der Waals surface area contributed by atoms with Crippen LogP contribution in [0.5, 0.6) is 0 Å². The molecule has 4 atom stereocenters. The Morgan fingerprint density at radius 1 is 1.35 bits per heavy atom. The van der Waals surface area contributed by atoms with Gasteiger partial charge in [0.15, 0.2) is 38.1 Å². The second-order valence-electron chi connectivity index (χ2n) is 9.83. The molecule has 3 aliphatic rings. The Labute approximate surface area is 215 Å².